The molecule has 3 nitrogen and oxygen atoms in total. The normalized spacial score (nSPS) is 18.1. The van der Waals surface area contributed by atoms with Crippen LogP contribution in [0.3, 0.4) is 0 Å². The van der Waals surface area contributed by atoms with Crippen LogP contribution in [0.15, 0.2) is 22.7 Å². The lowest BCUT2D eigenvalue weighted by Crippen LogP contribution is -2.15. The Bertz CT molecular complexity index is 419. The zero-order chi connectivity index (χ0) is 14.9. The van der Waals surface area contributed by atoms with Crippen molar-refractivity contribution >= 4 is 15.9 Å². The summed E-state index contributed by atoms with van der Waals surface area (Å²) in [7, 11) is 0. The molecule has 1 aromatic rings. The van der Waals surface area contributed by atoms with Gasteiger partial charge in [0.2, 0.25) is 0 Å². The van der Waals surface area contributed by atoms with Crippen LogP contribution in [0.5, 0.6) is 5.75 Å². The monoisotopic (exact) mass is 355 g/mol. The van der Waals surface area contributed by atoms with E-state index in [1.54, 1.807) is 0 Å². The minimum Gasteiger partial charge on any atom is -0.492 e. The number of nitrogens with one attached hydrogen (secondary N) is 1. The number of hydrogen-bond donors (Lipinski definition) is 1. The maximum atomic E-state index is 6.02. The van der Waals surface area contributed by atoms with Crippen molar-refractivity contribution in [2.45, 2.75) is 51.7 Å². The largest absolute Gasteiger partial charge is 0.492 e. The van der Waals surface area contributed by atoms with Gasteiger partial charge >= 0.3 is 0 Å². The number of benzene rings is 1. The van der Waals surface area contributed by atoms with E-state index in [2.05, 4.69) is 40.3 Å². The molecule has 21 heavy (non-hydrogen) atoms. The van der Waals surface area contributed by atoms with Crippen molar-refractivity contribution in [2.24, 2.45) is 0 Å². The zero-order valence-corrected chi connectivity index (χ0v) is 14.5. The van der Waals surface area contributed by atoms with Crippen LogP contribution >= 0.6 is 15.9 Å². The number of halogens is 1. The highest BCUT2D eigenvalue weighted by Crippen LogP contribution is 2.29. The maximum absolute atomic E-state index is 6.02. The van der Waals surface area contributed by atoms with Crippen molar-refractivity contribution in [3.8, 4) is 5.75 Å². The van der Waals surface area contributed by atoms with Crippen LogP contribution < -0.4 is 10.1 Å². The van der Waals surface area contributed by atoms with Crippen LogP contribution in [-0.4, -0.2) is 25.9 Å². The van der Waals surface area contributed by atoms with Gasteiger partial charge in [0.1, 0.15) is 5.75 Å². The van der Waals surface area contributed by atoms with Gasteiger partial charge in [-0.1, -0.05) is 19.1 Å². The first kappa shape index (κ1) is 16.8. The van der Waals surface area contributed by atoms with Gasteiger partial charge in [-0.3, -0.25) is 0 Å². The highest BCUT2D eigenvalue weighted by atomic mass is 79.9. The lowest BCUT2D eigenvalue weighted by Gasteiger charge is -2.15. The molecule has 0 spiro atoms. The predicted octanol–water partition coefficient (Wildman–Crippen LogP) is 4.29. The van der Waals surface area contributed by atoms with Crippen LogP contribution in [-0.2, 0) is 11.3 Å². The molecule has 1 aromatic carbocycles. The van der Waals surface area contributed by atoms with Crippen molar-refractivity contribution in [2.75, 3.05) is 19.8 Å². The molecule has 1 unspecified atom stereocenters. The quantitative estimate of drug-likeness (QED) is 0.670. The van der Waals surface area contributed by atoms with Crippen molar-refractivity contribution in [3.63, 3.8) is 0 Å². The third-order valence-corrected chi connectivity index (χ3v) is 4.36. The number of hydrogen-bond acceptors (Lipinski definition) is 3. The molecule has 1 N–H and O–H groups in total. The minimum absolute atomic E-state index is 0.457. The summed E-state index contributed by atoms with van der Waals surface area (Å²) < 4.78 is 12.7. The molecule has 1 aliphatic heterocycles. The van der Waals surface area contributed by atoms with Crippen LogP contribution in [0, 0.1) is 0 Å². The molecular formula is C17H26BrNO2. The molecule has 0 aromatic heterocycles. The fraction of sp³-hybridized carbons (Fsp3) is 0.647. The number of ether oxygens (including phenoxy) is 2. The van der Waals surface area contributed by atoms with Gasteiger partial charge < -0.3 is 14.8 Å². The molecule has 0 saturated carbocycles. The fourth-order valence-electron chi connectivity index (χ4n) is 2.61. The number of rotatable bonds is 9. The SMILES string of the molecule is CCCNCc1cccc(Br)c1OCCCC1CCCO1. The Kier molecular flexibility index (Phi) is 7.54. The third kappa shape index (κ3) is 5.61. The van der Waals surface area contributed by atoms with E-state index in [1.165, 1.54) is 18.4 Å². The maximum Gasteiger partial charge on any atom is 0.137 e. The van der Waals surface area contributed by atoms with E-state index in [1.807, 2.05) is 6.07 Å². The van der Waals surface area contributed by atoms with E-state index in [0.29, 0.717) is 6.10 Å². The van der Waals surface area contributed by atoms with Crippen LogP contribution in [0.2, 0.25) is 0 Å². The fourth-order valence-corrected chi connectivity index (χ4v) is 3.13. The van der Waals surface area contributed by atoms with Crippen molar-refractivity contribution in [1.29, 1.82) is 0 Å². The first-order chi connectivity index (χ1) is 10.3. The molecule has 0 radical (unpaired) electrons. The smallest absolute Gasteiger partial charge is 0.137 e. The van der Waals surface area contributed by atoms with Crippen molar-refractivity contribution < 1.29 is 9.47 Å². The second-order valence-corrected chi connectivity index (χ2v) is 6.38. The summed E-state index contributed by atoms with van der Waals surface area (Å²) >= 11 is 3.60. The first-order valence-electron chi connectivity index (χ1n) is 8.03. The van der Waals surface area contributed by atoms with E-state index in [0.717, 1.165) is 55.8 Å². The molecule has 2 rings (SSSR count). The van der Waals surface area contributed by atoms with Gasteiger partial charge in [0.25, 0.3) is 0 Å². The first-order valence-corrected chi connectivity index (χ1v) is 8.83. The highest BCUT2D eigenvalue weighted by Gasteiger charge is 2.15. The van der Waals surface area contributed by atoms with E-state index in [9.17, 15) is 0 Å². The molecule has 118 valence electrons. The van der Waals surface area contributed by atoms with Gasteiger partial charge in [-0.25, -0.2) is 0 Å². The van der Waals surface area contributed by atoms with Crippen molar-refractivity contribution in [1.82, 2.24) is 5.32 Å². The molecular weight excluding hydrogens is 330 g/mol. The lowest BCUT2D eigenvalue weighted by atomic mass is 10.1. The Morgan fingerprint density at radius 3 is 3.10 bits per heavy atom. The van der Waals surface area contributed by atoms with Gasteiger partial charge in [0, 0.05) is 18.7 Å². The topological polar surface area (TPSA) is 30.5 Å². The second-order valence-electron chi connectivity index (χ2n) is 5.53. The van der Waals surface area contributed by atoms with Gasteiger partial charge in [-0.05, 0) is 60.6 Å². The summed E-state index contributed by atoms with van der Waals surface area (Å²) in [6.07, 6.45) is 6.18. The van der Waals surface area contributed by atoms with Crippen LogP contribution in [0.1, 0.15) is 44.6 Å². The summed E-state index contributed by atoms with van der Waals surface area (Å²) in [6, 6.07) is 6.23. The Morgan fingerprint density at radius 2 is 2.33 bits per heavy atom. The number of para-hydroxylation sites is 1. The average Bonchev–Trinajstić information content (AvgIpc) is 2.99. The molecule has 0 bridgehead atoms. The minimum atomic E-state index is 0.457. The van der Waals surface area contributed by atoms with Crippen LogP contribution in [0.4, 0.5) is 0 Å². The van der Waals surface area contributed by atoms with Gasteiger partial charge in [0.05, 0.1) is 17.2 Å². The van der Waals surface area contributed by atoms with Gasteiger partial charge in [0.15, 0.2) is 0 Å². The van der Waals surface area contributed by atoms with E-state index in [4.69, 9.17) is 9.47 Å². The molecule has 1 fully saturated rings. The molecule has 1 saturated heterocycles. The van der Waals surface area contributed by atoms with Crippen LogP contribution in [0.25, 0.3) is 0 Å². The Labute approximate surface area is 136 Å². The average molecular weight is 356 g/mol. The highest BCUT2D eigenvalue weighted by molar-refractivity contribution is 9.10. The Morgan fingerprint density at radius 1 is 1.43 bits per heavy atom. The Balaban J connectivity index is 1.79. The summed E-state index contributed by atoms with van der Waals surface area (Å²) in [4.78, 5) is 0. The standard InChI is InChI=1S/C17H26BrNO2/c1-2-10-19-13-14-6-3-9-16(18)17(14)21-12-5-8-15-7-4-11-20-15/h3,6,9,15,19H,2,4-5,7-8,10-13H2,1H3. The molecule has 1 aliphatic rings. The van der Waals surface area contributed by atoms with E-state index in [-0.39, 0.29) is 0 Å². The summed E-state index contributed by atoms with van der Waals surface area (Å²) in [5.74, 6) is 0.980. The zero-order valence-electron chi connectivity index (χ0n) is 12.9. The molecule has 1 atom stereocenters. The third-order valence-electron chi connectivity index (χ3n) is 3.73. The van der Waals surface area contributed by atoms with E-state index >= 15 is 0 Å². The Hall–Kier alpha value is -0.580. The summed E-state index contributed by atoms with van der Waals surface area (Å²) in [5, 5.41) is 3.43. The molecule has 1 heterocycles. The molecule has 4 heteroatoms. The molecule has 0 amide bonds. The lowest BCUT2D eigenvalue weighted by molar-refractivity contribution is 0.0980. The second kappa shape index (κ2) is 9.44. The predicted molar refractivity (Wildman–Crippen MR) is 89.8 cm³/mol. The van der Waals surface area contributed by atoms with Gasteiger partial charge in [-0.15, -0.1) is 0 Å². The van der Waals surface area contributed by atoms with Gasteiger partial charge in [-0.2, -0.15) is 0 Å². The molecule has 0 aliphatic carbocycles. The summed E-state index contributed by atoms with van der Waals surface area (Å²) in [5.41, 5.74) is 1.22. The summed E-state index contributed by atoms with van der Waals surface area (Å²) in [6.45, 7) is 5.75. The van der Waals surface area contributed by atoms with E-state index < -0.39 is 0 Å². The van der Waals surface area contributed by atoms with Crippen molar-refractivity contribution in [3.05, 3.63) is 28.2 Å².